The van der Waals surface area contributed by atoms with Crippen LogP contribution >= 0.6 is 0 Å². The van der Waals surface area contributed by atoms with Gasteiger partial charge in [0.1, 0.15) is 0 Å². The minimum Gasteiger partial charge on any atom is -0.402 e. The van der Waals surface area contributed by atoms with Crippen LogP contribution in [0.5, 0.6) is 0 Å². The summed E-state index contributed by atoms with van der Waals surface area (Å²) in [5.74, 6) is 0.609. The maximum absolute atomic E-state index is 7.22. The number of allylic oxidation sites excluding steroid dienone is 2. The molecule has 4 nitrogen and oxygen atoms in total. The van der Waals surface area contributed by atoms with Gasteiger partial charge in [0.15, 0.2) is 0 Å². The fourth-order valence-corrected chi connectivity index (χ4v) is 2.35. The Kier molecular flexibility index (Phi) is 10.4. The van der Waals surface area contributed by atoms with E-state index in [2.05, 4.69) is 37.7 Å². The van der Waals surface area contributed by atoms with Crippen molar-refractivity contribution in [2.45, 2.75) is 53.9 Å². The third-order valence-corrected chi connectivity index (χ3v) is 3.76. The summed E-state index contributed by atoms with van der Waals surface area (Å²) in [6.45, 7) is 15.2. The number of nitrogens with one attached hydrogen (secondary N) is 1. The molecule has 4 heteroatoms. The van der Waals surface area contributed by atoms with Gasteiger partial charge in [-0.3, -0.25) is 0 Å². The van der Waals surface area contributed by atoms with Crippen molar-refractivity contribution in [3.05, 3.63) is 11.3 Å². The average Bonchev–Trinajstić information content (AvgIpc) is 2.47. The highest BCUT2D eigenvalue weighted by atomic mass is 15.6. The molecule has 0 aromatic carbocycles. The molecule has 0 aromatic rings. The van der Waals surface area contributed by atoms with Crippen LogP contribution in [0.25, 0.3) is 0 Å². The highest BCUT2D eigenvalue weighted by molar-refractivity contribution is 5.75. The molecule has 0 saturated carbocycles. The molecule has 0 radical (unpaired) electrons. The molecule has 0 rings (SSSR count). The van der Waals surface area contributed by atoms with Gasteiger partial charge in [-0.15, -0.1) is 0 Å². The molecule has 20 heavy (non-hydrogen) atoms. The Morgan fingerprint density at radius 1 is 1.20 bits per heavy atom. The summed E-state index contributed by atoms with van der Waals surface area (Å²) in [5, 5.41) is 12.1. The Balaban J connectivity index is 4.34. The predicted molar refractivity (Wildman–Crippen MR) is 88.9 cm³/mol. The van der Waals surface area contributed by atoms with Crippen LogP contribution < -0.4 is 5.73 Å². The fraction of sp³-hybridized carbons (Fsp3) is 0.812. The van der Waals surface area contributed by atoms with Gasteiger partial charge in [-0.05, 0) is 37.7 Å². The molecule has 0 aliphatic heterocycles. The first-order valence-electron chi connectivity index (χ1n) is 7.95. The van der Waals surface area contributed by atoms with Gasteiger partial charge in [-0.2, -0.15) is 0 Å². The van der Waals surface area contributed by atoms with Gasteiger partial charge >= 0.3 is 0 Å². The van der Waals surface area contributed by atoms with Crippen LogP contribution in [0.3, 0.4) is 0 Å². The summed E-state index contributed by atoms with van der Waals surface area (Å²) in [5.41, 5.74) is 7.73. The lowest BCUT2D eigenvalue weighted by atomic mass is 10.0. The number of rotatable bonds is 11. The van der Waals surface area contributed by atoms with Gasteiger partial charge < -0.3 is 11.1 Å². The molecule has 0 aliphatic carbocycles. The lowest BCUT2D eigenvalue weighted by molar-refractivity contribution is -0.0276. The molecule has 1 unspecified atom stereocenters. The first kappa shape index (κ1) is 19.1. The molecule has 0 fully saturated rings. The Labute approximate surface area is 125 Å². The van der Waals surface area contributed by atoms with E-state index >= 15 is 0 Å². The van der Waals surface area contributed by atoms with Gasteiger partial charge in [0.05, 0.1) is 0 Å². The second-order valence-electron chi connectivity index (χ2n) is 5.55. The second-order valence-corrected chi connectivity index (χ2v) is 5.55. The predicted octanol–water partition coefficient (Wildman–Crippen LogP) is 3.25. The molecule has 0 heterocycles. The van der Waals surface area contributed by atoms with E-state index in [1.165, 1.54) is 12.6 Å². The van der Waals surface area contributed by atoms with Crippen molar-refractivity contribution in [3.63, 3.8) is 0 Å². The van der Waals surface area contributed by atoms with Crippen molar-refractivity contribution < 1.29 is 0 Å². The van der Waals surface area contributed by atoms with E-state index in [0.717, 1.165) is 50.3 Å². The summed E-state index contributed by atoms with van der Waals surface area (Å²) in [6, 6.07) is 0. The number of hydrazine groups is 1. The Hall–Kier alpha value is -0.870. The van der Waals surface area contributed by atoms with Crippen LogP contribution in [0.2, 0.25) is 0 Å². The topological polar surface area (TPSA) is 56.4 Å². The summed E-state index contributed by atoms with van der Waals surface area (Å²) >= 11 is 0. The smallest absolute Gasteiger partial charge is 0.0224 e. The second kappa shape index (κ2) is 10.9. The molecular weight excluding hydrogens is 248 g/mol. The summed E-state index contributed by atoms with van der Waals surface area (Å²) in [6.07, 6.45) is 4.50. The van der Waals surface area contributed by atoms with Crippen molar-refractivity contribution in [1.82, 2.24) is 10.0 Å². The number of hydrogen-bond donors (Lipinski definition) is 2. The standard InChI is InChI=1S/C16H34N4/c1-6-11-19(7-2)20(8-3)13-14(4)9-10-16(18)15(5)12-17/h12,14,17H,6-11,13,18H2,1-5H3/b16-15-,17-12?. The molecule has 3 N–H and O–H groups in total. The van der Waals surface area contributed by atoms with Crippen LogP contribution in [0.4, 0.5) is 0 Å². The lowest BCUT2D eigenvalue weighted by Gasteiger charge is -2.35. The lowest BCUT2D eigenvalue weighted by Crippen LogP contribution is -2.45. The van der Waals surface area contributed by atoms with E-state index in [9.17, 15) is 0 Å². The van der Waals surface area contributed by atoms with E-state index in [0.29, 0.717) is 5.92 Å². The molecule has 0 aliphatic rings. The third kappa shape index (κ3) is 7.06. The zero-order valence-electron chi connectivity index (χ0n) is 14.1. The van der Waals surface area contributed by atoms with Crippen molar-refractivity contribution in [2.75, 3.05) is 26.2 Å². The van der Waals surface area contributed by atoms with Crippen molar-refractivity contribution in [3.8, 4) is 0 Å². The summed E-state index contributed by atoms with van der Waals surface area (Å²) in [4.78, 5) is 0. The first-order valence-corrected chi connectivity index (χ1v) is 7.95. The summed E-state index contributed by atoms with van der Waals surface area (Å²) < 4.78 is 0. The van der Waals surface area contributed by atoms with E-state index < -0.39 is 0 Å². The maximum Gasteiger partial charge on any atom is 0.0224 e. The fourth-order valence-electron chi connectivity index (χ4n) is 2.35. The van der Waals surface area contributed by atoms with Crippen LogP contribution in [0.15, 0.2) is 11.3 Å². The Morgan fingerprint density at radius 2 is 1.80 bits per heavy atom. The molecule has 118 valence electrons. The average molecular weight is 282 g/mol. The van der Waals surface area contributed by atoms with Crippen molar-refractivity contribution >= 4 is 6.21 Å². The molecular formula is C16H34N4. The van der Waals surface area contributed by atoms with Crippen LogP contribution in [0, 0.1) is 11.3 Å². The van der Waals surface area contributed by atoms with Crippen LogP contribution in [-0.2, 0) is 0 Å². The molecule has 0 spiro atoms. The highest BCUT2D eigenvalue weighted by Gasteiger charge is 2.14. The number of nitrogens with zero attached hydrogens (tertiary/aromatic N) is 2. The minimum atomic E-state index is 0.609. The normalized spacial score (nSPS) is 14.6. The Morgan fingerprint density at radius 3 is 2.25 bits per heavy atom. The van der Waals surface area contributed by atoms with Gasteiger partial charge in [0.2, 0.25) is 0 Å². The monoisotopic (exact) mass is 282 g/mol. The third-order valence-electron chi connectivity index (χ3n) is 3.76. The molecule has 0 saturated heterocycles. The quantitative estimate of drug-likeness (QED) is 0.452. The van der Waals surface area contributed by atoms with Gasteiger partial charge in [-0.1, -0.05) is 27.7 Å². The largest absolute Gasteiger partial charge is 0.402 e. The maximum atomic E-state index is 7.22. The molecule has 0 amide bonds. The molecule has 1 atom stereocenters. The first-order chi connectivity index (χ1) is 9.49. The van der Waals surface area contributed by atoms with Crippen molar-refractivity contribution in [2.24, 2.45) is 11.7 Å². The zero-order chi connectivity index (χ0) is 15.5. The molecule has 0 bridgehead atoms. The van der Waals surface area contributed by atoms with Crippen LogP contribution in [0.1, 0.15) is 53.9 Å². The van der Waals surface area contributed by atoms with E-state index in [1.807, 2.05) is 6.92 Å². The minimum absolute atomic E-state index is 0.609. The van der Waals surface area contributed by atoms with E-state index in [-0.39, 0.29) is 0 Å². The zero-order valence-corrected chi connectivity index (χ0v) is 14.1. The highest BCUT2D eigenvalue weighted by Crippen LogP contribution is 2.14. The summed E-state index contributed by atoms with van der Waals surface area (Å²) in [7, 11) is 0. The SMILES string of the molecule is CCCN(CC)N(CC)CC(C)CC/C(N)=C(\C)C=N. The molecule has 0 aromatic heterocycles. The number of hydrogen-bond acceptors (Lipinski definition) is 4. The van der Waals surface area contributed by atoms with Gasteiger partial charge in [0.25, 0.3) is 0 Å². The van der Waals surface area contributed by atoms with E-state index in [4.69, 9.17) is 11.1 Å². The van der Waals surface area contributed by atoms with E-state index in [1.54, 1.807) is 0 Å². The Bertz CT molecular complexity index is 299. The van der Waals surface area contributed by atoms with Gasteiger partial charge in [-0.25, -0.2) is 10.0 Å². The number of nitrogens with two attached hydrogens (primary N) is 1. The van der Waals surface area contributed by atoms with Crippen LogP contribution in [-0.4, -0.2) is 42.4 Å². The van der Waals surface area contributed by atoms with Gasteiger partial charge in [0, 0.05) is 38.1 Å². The van der Waals surface area contributed by atoms with Crippen molar-refractivity contribution in [1.29, 1.82) is 5.41 Å².